The van der Waals surface area contributed by atoms with E-state index in [9.17, 15) is 4.79 Å². The second-order valence-corrected chi connectivity index (χ2v) is 9.49. The fourth-order valence-electron chi connectivity index (χ4n) is 4.55. The summed E-state index contributed by atoms with van der Waals surface area (Å²) >= 11 is 0. The van der Waals surface area contributed by atoms with Crippen molar-refractivity contribution in [2.45, 2.75) is 65.0 Å². The predicted molar refractivity (Wildman–Crippen MR) is 116 cm³/mol. The van der Waals surface area contributed by atoms with E-state index in [1.807, 2.05) is 23.2 Å². The van der Waals surface area contributed by atoms with Gasteiger partial charge in [0.25, 0.3) is 5.91 Å². The third-order valence-electron chi connectivity index (χ3n) is 6.09. The highest BCUT2D eigenvalue weighted by Crippen LogP contribution is 2.41. The van der Waals surface area contributed by atoms with E-state index in [-0.39, 0.29) is 18.1 Å². The number of aromatic nitrogens is 2. The first-order valence-corrected chi connectivity index (χ1v) is 11.0. The van der Waals surface area contributed by atoms with Crippen LogP contribution in [-0.4, -0.2) is 45.7 Å². The molecule has 0 aliphatic carbocycles. The molecule has 1 aromatic heterocycles. The molecule has 1 saturated heterocycles. The molecule has 6 heteroatoms. The summed E-state index contributed by atoms with van der Waals surface area (Å²) in [6.07, 6.45) is 6.84. The smallest absolute Gasteiger partial charge is 0.260 e. The van der Waals surface area contributed by atoms with Gasteiger partial charge in [0.05, 0.1) is 0 Å². The van der Waals surface area contributed by atoms with Crippen LogP contribution in [0.3, 0.4) is 0 Å². The quantitative estimate of drug-likeness (QED) is 0.720. The summed E-state index contributed by atoms with van der Waals surface area (Å²) in [5, 5.41) is 0. The zero-order valence-electron chi connectivity index (χ0n) is 18.6. The molecule has 1 fully saturated rings. The van der Waals surface area contributed by atoms with Gasteiger partial charge in [-0.05, 0) is 38.7 Å². The number of para-hydroxylation sites is 1. The van der Waals surface area contributed by atoms with Gasteiger partial charge in [0.2, 0.25) is 0 Å². The van der Waals surface area contributed by atoms with E-state index in [0.29, 0.717) is 17.6 Å². The molecule has 2 aromatic rings. The van der Waals surface area contributed by atoms with Crippen molar-refractivity contribution in [1.29, 1.82) is 0 Å². The number of benzene rings is 1. The van der Waals surface area contributed by atoms with Crippen LogP contribution in [0.5, 0.6) is 11.5 Å². The summed E-state index contributed by atoms with van der Waals surface area (Å²) in [7, 11) is 0. The molecule has 162 valence electrons. The highest BCUT2D eigenvalue weighted by molar-refractivity contribution is 5.78. The highest BCUT2D eigenvalue weighted by Gasteiger charge is 2.32. The van der Waals surface area contributed by atoms with E-state index in [2.05, 4.69) is 49.5 Å². The number of imidazole rings is 1. The van der Waals surface area contributed by atoms with Crippen LogP contribution < -0.4 is 9.47 Å². The fourth-order valence-corrected chi connectivity index (χ4v) is 4.55. The Bertz CT molecular complexity index is 895. The van der Waals surface area contributed by atoms with Crippen LogP contribution in [0.25, 0.3) is 0 Å². The topological polar surface area (TPSA) is 56.6 Å². The van der Waals surface area contributed by atoms with E-state index in [1.54, 1.807) is 0 Å². The second kappa shape index (κ2) is 8.32. The SMILES string of the molecule is CC(C)c1nccn1CC1CCN(C(=O)COc2cccc3c2OC(C)(C)C3)CC1. The van der Waals surface area contributed by atoms with Gasteiger partial charge < -0.3 is 18.9 Å². The van der Waals surface area contributed by atoms with E-state index >= 15 is 0 Å². The minimum absolute atomic E-state index is 0.0498. The molecule has 0 saturated carbocycles. The van der Waals surface area contributed by atoms with Gasteiger partial charge >= 0.3 is 0 Å². The maximum atomic E-state index is 12.7. The number of nitrogens with zero attached hydrogens (tertiary/aromatic N) is 3. The number of carbonyl (C=O) groups excluding carboxylic acids is 1. The van der Waals surface area contributed by atoms with E-state index in [4.69, 9.17) is 9.47 Å². The highest BCUT2D eigenvalue weighted by atomic mass is 16.5. The van der Waals surface area contributed by atoms with E-state index in [1.165, 1.54) is 0 Å². The number of hydrogen-bond acceptors (Lipinski definition) is 4. The first kappa shape index (κ1) is 20.8. The second-order valence-electron chi connectivity index (χ2n) is 9.49. The third kappa shape index (κ3) is 4.47. The molecular weight excluding hydrogens is 378 g/mol. The lowest BCUT2D eigenvalue weighted by atomic mass is 9.96. The molecule has 0 bridgehead atoms. The maximum Gasteiger partial charge on any atom is 0.260 e. The van der Waals surface area contributed by atoms with Crippen LogP contribution in [0, 0.1) is 5.92 Å². The van der Waals surface area contributed by atoms with Gasteiger partial charge in [-0.15, -0.1) is 0 Å². The molecule has 6 nitrogen and oxygen atoms in total. The fraction of sp³-hybridized carbons (Fsp3) is 0.583. The van der Waals surface area contributed by atoms with E-state index in [0.717, 1.165) is 56.0 Å². The molecule has 0 radical (unpaired) electrons. The first-order valence-electron chi connectivity index (χ1n) is 11.0. The van der Waals surface area contributed by atoms with Crippen molar-refractivity contribution in [3.05, 3.63) is 42.0 Å². The predicted octanol–water partition coefficient (Wildman–Crippen LogP) is 4.04. The lowest BCUT2D eigenvalue weighted by Gasteiger charge is -2.32. The van der Waals surface area contributed by atoms with Crippen molar-refractivity contribution in [2.24, 2.45) is 5.92 Å². The molecule has 2 aliphatic heterocycles. The van der Waals surface area contributed by atoms with Gasteiger partial charge in [-0.2, -0.15) is 0 Å². The number of carbonyl (C=O) groups is 1. The van der Waals surface area contributed by atoms with Crippen LogP contribution in [0.4, 0.5) is 0 Å². The monoisotopic (exact) mass is 411 g/mol. The Kier molecular flexibility index (Phi) is 5.76. The molecule has 1 amide bonds. The Morgan fingerprint density at radius 1 is 1.30 bits per heavy atom. The molecule has 1 aromatic carbocycles. The van der Waals surface area contributed by atoms with Crippen LogP contribution in [-0.2, 0) is 17.8 Å². The standard InChI is InChI=1S/C24H33N3O3/c1-17(2)23-25-10-13-27(23)15-18-8-11-26(12-9-18)21(28)16-29-20-7-5-6-19-14-24(3,4)30-22(19)20/h5-7,10,13,17-18H,8-9,11-12,14-16H2,1-4H3. The Morgan fingerprint density at radius 2 is 2.07 bits per heavy atom. The molecule has 2 aliphatic rings. The van der Waals surface area contributed by atoms with Gasteiger partial charge in [0.1, 0.15) is 11.4 Å². The van der Waals surface area contributed by atoms with Crippen LogP contribution in [0.2, 0.25) is 0 Å². The zero-order chi connectivity index (χ0) is 21.3. The molecule has 0 N–H and O–H groups in total. The van der Waals surface area contributed by atoms with E-state index < -0.39 is 0 Å². The number of likely N-dealkylation sites (tertiary alicyclic amines) is 1. The minimum atomic E-state index is -0.224. The van der Waals surface area contributed by atoms with Crippen molar-refractivity contribution < 1.29 is 14.3 Å². The maximum absolute atomic E-state index is 12.7. The summed E-state index contributed by atoms with van der Waals surface area (Å²) in [5.74, 6) is 3.65. The van der Waals surface area contributed by atoms with Crippen LogP contribution >= 0.6 is 0 Å². The average Bonchev–Trinajstić information content (AvgIpc) is 3.29. The van der Waals surface area contributed by atoms with Crippen molar-refractivity contribution >= 4 is 5.91 Å². The van der Waals surface area contributed by atoms with Gasteiger partial charge in [-0.1, -0.05) is 26.0 Å². The molecule has 3 heterocycles. The molecular formula is C24H33N3O3. The van der Waals surface area contributed by atoms with Crippen molar-refractivity contribution in [1.82, 2.24) is 14.5 Å². The largest absolute Gasteiger partial charge is 0.483 e. The summed E-state index contributed by atoms with van der Waals surface area (Å²) < 4.78 is 14.2. The molecule has 0 atom stereocenters. The summed E-state index contributed by atoms with van der Waals surface area (Å²) in [4.78, 5) is 19.1. The number of piperidine rings is 1. The number of ether oxygens (including phenoxy) is 2. The molecule has 4 rings (SSSR count). The van der Waals surface area contributed by atoms with Crippen molar-refractivity contribution in [2.75, 3.05) is 19.7 Å². The molecule has 0 unspecified atom stereocenters. The Morgan fingerprint density at radius 3 is 2.80 bits per heavy atom. The van der Waals surface area contributed by atoms with Gasteiger partial charge in [0, 0.05) is 49.9 Å². The minimum Gasteiger partial charge on any atom is -0.483 e. The summed E-state index contributed by atoms with van der Waals surface area (Å²) in [6, 6.07) is 5.92. The van der Waals surface area contributed by atoms with Gasteiger partial charge in [-0.25, -0.2) is 4.98 Å². The third-order valence-corrected chi connectivity index (χ3v) is 6.09. The first-order chi connectivity index (χ1) is 14.3. The number of fused-ring (bicyclic) bond motifs is 1. The Balaban J connectivity index is 1.28. The summed E-state index contributed by atoms with van der Waals surface area (Å²) in [5.41, 5.74) is 0.921. The Hall–Kier alpha value is -2.50. The number of hydrogen-bond donors (Lipinski definition) is 0. The summed E-state index contributed by atoms with van der Waals surface area (Å²) in [6.45, 7) is 11.1. The number of rotatable bonds is 6. The van der Waals surface area contributed by atoms with Gasteiger partial charge in [0.15, 0.2) is 18.1 Å². The van der Waals surface area contributed by atoms with Gasteiger partial charge in [-0.3, -0.25) is 4.79 Å². The van der Waals surface area contributed by atoms with Crippen molar-refractivity contribution in [3.8, 4) is 11.5 Å². The zero-order valence-corrected chi connectivity index (χ0v) is 18.6. The Labute approximate surface area is 179 Å². The van der Waals surface area contributed by atoms with Crippen LogP contribution in [0.15, 0.2) is 30.6 Å². The molecule has 0 spiro atoms. The van der Waals surface area contributed by atoms with Crippen LogP contribution in [0.1, 0.15) is 57.8 Å². The normalized spacial score (nSPS) is 18.4. The number of amides is 1. The lowest BCUT2D eigenvalue weighted by molar-refractivity contribution is -0.134. The lowest BCUT2D eigenvalue weighted by Crippen LogP contribution is -2.41. The van der Waals surface area contributed by atoms with Crippen molar-refractivity contribution in [3.63, 3.8) is 0 Å². The molecule has 30 heavy (non-hydrogen) atoms. The average molecular weight is 412 g/mol.